The van der Waals surface area contributed by atoms with Gasteiger partial charge in [0.05, 0.1) is 5.02 Å². The summed E-state index contributed by atoms with van der Waals surface area (Å²) < 4.78 is 0. The third-order valence-corrected chi connectivity index (χ3v) is 3.74. The van der Waals surface area contributed by atoms with Crippen LogP contribution >= 0.6 is 34.8 Å². The van der Waals surface area contributed by atoms with Gasteiger partial charge in [0.15, 0.2) is 5.82 Å². The molecule has 1 aromatic heterocycles. The number of aromatic nitrogens is 3. The summed E-state index contributed by atoms with van der Waals surface area (Å²) in [6.45, 7) is 0. The Labute approximate surface area is 147 Å². The van der Waals surface area contributed by atoms with E-state index in [-0.39, 0.29) is 5.95 Å². The highest BCUT2D eigenvalue weighted by Crippen LogP contribution is 2.29. The van der Waals surface area contributed by atoms with E-state index in [1.54, 1.807) is 42.5 Å². The van der Waals surface area contributed by atoms with Crippen molar-refractivity contribution >= 4 is 52.4 Å². The molecule has 0 amide bonds. The van der Waals surface area contributed by atoms with E-state index in [1.165, 1.54) is 0 Å². The average molecular weight is 367 g/mol. The molecule has 2 aromatic carbocycles. The molecule has 0 saturated heterocycles. The fraction of sp³-hybridized carbons (Fsp3) is 0. The van der Waals surface area contributed by atoms with Gasteiger partial charge >= 0.3 is 0 Å². The van der Waals surface area contributed by atoms with Crippen LogP contribution in [0, 0.1) is 0 Å². The Kier molecular flexibility index (Phi) is 4.52. The van der Waals surface area contributed by atoms with Gasteiger partial charge in [0.2, 0.25) is 11.9 Å². The van der Waals surface area contributed by atoms with E-state index < -0.39 is 0 Å². The smallest absolute Gasteiger partial charge is 0.232 e. The maximum Gasteiger partial charge on any atom is 0.232 e. The molecule has 3 rings (SSSR count). The van der Waals surface area contributed by atoms with Crippen LogP contribution in [-0.4, -0.2) is 15.0 Å². The third-order valence-electron chi connectivity index (χ3n) is 2.92. The highest BCUT2D eigenvalue weighted by atomic mass is 35.5. The molecule has 0 unspecified atom stereocenters. The molecule has 116 valence electrons. The molecule has 0 radical (unpaired) electrons. The standard InChI is InChI=1S/C15H10Cl3N5/c16-8-1-4-10(5-2-8)20-15-22-13(21-14(19)23-15)11-7-9(17)3-6-12(11)18/h1-7H,(H3,19,20,21,22,23). The molecule has 23 heavy (non-hydrogen) atoms. The summed E-state index contributed by atoms with van der Waals surface area (Å²) in [5, 5.41) is 4.67. The van der Waals surface area contributed by atoms with Crippen molar-refractivity contribution in [3.63, 3.8) is 0 Å². The van der Waals surface area contributed by atoms with Gasteiger partial charge < -0.3 is 11.1 Å². The highest BCUT2D eigenvalue weighted by Gasteiger charge is 2.11. The number of hydrogen-bond acceptors (Lipinski definition) is 5. The van der Waals surface area contributed by atoms with Gasteiger partial charge in [-0.3, -0.25) is 0 Å². The summed E-state index contributed by atoms with van der Waals surface area (Å²) in [7, 11) is 0. The SMILES string of the molecule is Nc1nc(Nc2ccc(Cl)cc2)nc(-c2cc(Cl)ccc2Cl)n1. The lowest BCUT2D eigenvalue weighted by Gasteiger charge is -2.08. The monoisotopic (exact) mass is 365 g/mol. The van der Waals surface area contributed by atoms with Crippen LogP contribution in [-0.2, 0) is 0 Å². The van der Waals surface area contributed by atoms with Crippen molar-refractivity contribution < 1.29 is 0 Å². The number of benzene rings is 2. The molecule has 0 aliphatic heterocycles. The first-order valence-electron chi connectivity index (χ1n) is 6.51. The molecule has 0 aliphatic rings. The minimum atomic E-state index is 0.0718. The van der Waals surface area contributed by atoms with Gasteiger partial charge in [-0.25, -0.2) is 0 Å². The second-order valence-corrected chi connectivity index (χ2v) is 5.88. The van der Waals surface area contributed by atoms with Crippen molar-refractivity contribution in [2.24, 2.45) is 0 Å². The van der Waals surface area contributed by atoms with E-state index in [9.17, 15) is 0 Å². The summed E-state index contributed by atoms with van der Waals surface area (Å²) in [5.41, 5.74) is 7.11. The van der Waals surface area contributed by atoms with Crippen LogP contribution in [0.15, 0.2) is 42.5 Å². The van der Waals surface area contributed by atoms with Crippen LogP contribution in [0.1, 0.15) is 0 Å². The van der Waals surface area contributed by atoms with E-state index in [1.807, 2.05) is 0 Å². The second kappa shape index (κ2) is 6.58. The number of anilines is 3. The zero-order valence-electron chi connectivity index (χ0n) is 11.6. The predicted octanol–water partition coefficient (Wildman–Crippen LogP) is 4.82. The van der Waals surface area contributed by atoms with Gasteiger partial charge in [0, 0.05) is 21.3 Å². The Hall–Kier alpha value is -2.08. The van der Waals surface area contributed by atoms with Crippen LogP contribution in [0.2, 0.25) is 15.1 Å². The Bertz CT molecular complexity index is 852. The number of rotatable bonds is 3. The molecule has 3 N–H and O–H groups in total. The largest absolute Gasteiger partial charge is 0.368 e. The molecular weight excluding hydrogens is 357 g/mol. The zero-order valence-corrected chi connectivity index (χ0v) is 13.9. The Morgan fingerprint density at radius 3 is 2.26 bits per heavy atom. The Morgan fingerprint density at radius 2 is 1.52 bits per heavy atom. The van der Waals surface area contributed by atoms with E-state index in [0.29, 0.717) is 32.4 Å². The first kappa shape index (κ1) is 15.8. The maximum atomic E-state index is 6.18. The minimum absolute atomic E-state index is 0.0718. The molecule has 0 spiro atoms. The number of hydrogen-bond donors (Lipinski definition) is 2. The number of nitrogen functional groups attached to an aromatic ring is 1. The minimum Gasteiger partial charge on any atom is -0.368 e. The van der Waals surface area contributed by atoms with E-state index in [4.69, 9.17) is 40.5 Å². The molecular formula is C15H10Cl3N5. The van der Waals surface area contributed by atoms with Gasteiger partial charge in [0.1, 0.15) is 0 Å². The molecule has 0 aliphatic carbocycles. The van der Waals surface area contributed by atoms with Gasteiger partial charge in [-0.1, -0.05) is 34.8 Å². The quantitative estimate of drug-likeness (QED) is 0.694. The van der Waals surface area contributed by atoms with Gasteiger partial charge in [-0.2, -0.15) is 15.0 Å². The number of nitrogens with two attached hydrogens (primary N) is 1. The van der Waals surface area contributed by atoms with Crippen LogP contribution in [0.25, 0.3) is 11.4 Å². The van der Waals surface area contributed by atoms with Crippen molar-refractivity contribution in [1.29, 1.82) is 0 Å². The summed E-state index contributed by atoms with van der Waals surface area (Å²) in [6, 6.07) is 12.1. The van der Waals surface area contributed by atoms with Crippen molar-refractivity contribution in [2.45, 2.75) is 0 Å². The molecule has 1 heterocycles. The van der Waals surface area contributed by atoms with Crippen molar-refractivity contribution in [3.05, 3.63) is 57.5 Å². The van der Waals surface area contributed by atoms with E-state index in [2.05, 4.69) is 20.3 Å². The maximum absolute atomic E-state index is 6.18. The fourth-order valence-electron chi connectivity index (χ4n) is 1.90. The lowest BCUT2D eigenvalue weighted by Crippen LogP contribution is -2.05. The summed E-state index contributed by atoms with van der Waals surface area (Å²) in [4.78, 5) is 12.5. The predicted molar refractivity (Wildman–Crippen MR) is 94.4 cm³/mol. The van der Waals surface area contributed by atoms with Gasteiger partial charge in [-0.15, -0.1) is 0 Å². The summed E-state index contributed by atoms with van der Waals surface area (Å²) in [5.74, 6) is 0.704. The molecule has 0 bridgehead atoms. The lowest BCUT2D eigenvalue weighted by molar-refractivity contribution is 1.08. The first-order chi connectivity index (χ1) is 11.0. The fourth-order valence-corrected chi connectivity index (χ4v) is 2.40. The molecule has 5 nitrogen and oxygen atoms in total. The zero-order chi connectivity index (χ0) is 16.4. The number of halogens is 3. The lowest BCUT2D eigenvalue weighted by atomic mass is 10.2. The molecule has 8 heteroatoms. The second-order valence-electron chi connectivity index (χ2n) is 4.60. The van der Waals surface area contributed by atoms with Crippen molar-refractivity contribution in [3.8, 4) is 11.4 Å². The summed E-state index contributed by atoms with van der Waals surface area (Å²) in [6.07, 6.45) is 0. The first-order valence-corrected chi connectivity index (χ1v) is 7.64. The topological polar surface area (TPSA) is 76.7 Å². The van der Waals surface area contributed by atoms with Crippen molar-refractivity contribution in [2.75, 3.05) is 11.1 Å². The average Bonchev–Trinajstić information content (AvgIpc) is 2.51. The van der Waals surface area contributed by atoms with Crippen LogP contribution in [0.4, 0.5) is 17.6 Å². The normalized spacial score (nSPS) is 10.6. The highest BCUT2D eigenvalue weighted by molar-refractivity contribution is 6.35. The Morgan fingerprint density at radius 1 is 0.826 bits per heavy atom. The summed E-state index contributed by atoms with van der Waals surface area (Å²) >= 11 is 18.0. The Balaban J connectivity index is 1.99. The van der Waals surface area contributed by atoms with E-state index >= 15 is 0 Å². The number of nitrogens with one attached hydrogen (secondary N) is 1. The van der Waals surface area contributed by atoms with Crippen LogP contribution < -0.4 is 11.1 Å². The molecule has 3 aromatic rings. The van der Waals surface area contributed by atoms with Crippen LogP contribution in [0.3, 0.4) is 0 Å². The number of nitrogens with zero attached hydrogens (tertiary/aromatic N) is 3. The van der Waals surface area contributed by atoms with Crippen molar-refractivity contribution in [1.82, 2.24) is 15.0 Å². The van der Waals surface area contributed by atoms with Gasteiger partial charge in [-0.05, 0) is 42.5 Å². The molecule has 0 fully saturated rings. The third kappa shape index (κ3) is 3.82. The molecule has 0 saturated carbocycles. The van der Waals surface area contributed by atoms with Crippen LogP contribution in [0.5, 0.6) is 0 Å². The van der Waals surface area contributed by atoms with Gasteiger partial charge in [0.25, 0.3) is 0 Å². The van der Waals surface area contributed by atoms with E-state index in [0.717, 1.165) is 5.69 Å². The molecule has 0 atom stereocenters.